The van der Waals surface area contributed by atoms with Crippen molar-refractivity contribution in [1.82, 2.24) is 9.88 Å². The maximum absolute atomic E-state index is 14.5. The average molecular weight is 572 g/mol. The van der Waals surface area contributed by atoms with Crippen molar-refractivity contribution < 1.29 is 18.3 Å². The third-order valence-electron chi connectivity index (χ3n) is 7.00. The summed E-state index contributed by atoms with van der Waals surface area (Å²) in [5, 5.41) is -0.0676. The van der Waals surface area contributed by atoms with Crippen LogP contribution in [-0.2, 0) is 6.54 Å². The molecule has 0 unspecified atom stereocenters. The SMILES string of the molecule is CN.COc1ccc(-c2ccnc(C)c2)cc1CN(C(=O)c1sc2c(F)ccc(F)c2c1Cl)C1CCCCC1. The zero-order chi connectivity index (χ0) is 28.1. The van der Waals surface area contributed by atoms with Crippen LogP contribution in [0.3, 0.4) is 0 Å². The van der Waals surface area contributed by atoms with Gasteiger partial charge in [-0.1, -0.05) is 36.9 Å². The minimum Gasteiger partial charge on any atom is -0.496 e. The molecule has 206 valence electrons. The minimum absolute atomic E-state index is 0.00578. The summed E-state index contributed by atoms with van der Waals surface area (Å²) >= 11 is 7.43. The molecule has 1 aliphatic carbocycles. The van der Waals surface area contributed by atoms with Crippen molar-refractivity contribution in [3.63, 3.8) is 0 Å². The lowest BCUT2D eigenvalue weighted by atomic mass is 9.93. The molecule has 1 amide bonds. The summed E-state index contributed by atoms with van der Waals surface area (Å²) in [5.74, 6) is -0.872. The van der Waals surface area contributed by atoms with Gasteiger partial charge in [-0.3, -0.25) is 9.78 Å². The van der Waals surface area contributed by atoms with Gasteiger partial charge in [0.05, 0.1) is 22.2 Å². The molecule has 0 radical (unpaired) electrons. The molecule has 0 aliphatic heterocycles. The number of aromatic nitrogens is 1. The van der Waals surface area contributed by atoms with Crippen LogP contribution in [0, 0.1) is 18.6 Å². The summed E-state index contributed by atoms with van der Waals surface area (Å²) in [7, 11) is 3.11. The van der Waals surface area contributed by atoms with Crippen LogP contribution < -0.4 is 10.5 Å². The summed E-state index contributed by atoms with van der Waals surface area (Å²) in [6, 6.07) is 12.0. The lowest BCUT2D eigenvalue weighted by Gasteiger charge is -2.34. The number of methoxy groups -OCH3 is 1. The van der Waals surface area contributed by atoms with E-state index in [0.717, 1.165) is 78.0 Å². The number of benzene rings is 2. The van der Waals surface area contributed by atoms with Crippen LogP contribution in [0.25, 0.3) is 21.2 Å². The topological polar surface area (TPSA) is 68.5 Å². The summed E-state index contributed by atoms with van der Waals surface area (Å²) in [6.45, 7) is 2.23. The van der Waals surface area contributed by atoms with Crippen LogP contribution in [0.4, 0.5) is 8.78 Å². The molecule has 4 aromatic rings. The maximum Gasteiger partial charge on any atom is 0.266 e. The molecule has 9 heteroatoms. The summed E-state index contributed by atoms with van der Waals surface area (Å²) in [5.41, 5.74) is 8.27. The van der Waals surface area contributed by atoms with E-state index in [2.05, 4.69) is 10.7 Å². The van der Waals surface area contributed by atoms with Gasteiger partial charge >= 0.3 is 0 Å². The van der Waals surface area contributed by atoms with E-state index >= 15 is 0 Å². The Kier molecular flexibility index (Phi) is 9.53. The highest BCUT2D eigenvalue weighted by molar-refractivity contribution is 7.21. The number of carbonyl (C=O) groups excluding carboxylic acids is 1. The van der Waals surface area contributed by atoms with Gasteiger partial charge in [-0.2, -0.15) is 0 Å². The molecular weight excluding hydrogens is 540 g/mol. The second kappa shape index (κ2) is 12.9. The number of hydrogen-bond donors (Lipinski definition) is 1. The van der Waals surface area contributed by atoms with Gasteiger partial charge in [0.15, 0.2) is 0 Å². The van der Waals surface area contributed by atoms with Crippen LogP contribution in [0.2, 0.25) is 5.02 Å². The van der Waals surface area contributed by atoms with Gasteiger partial charge in [0.1, 0.15) is 22.3 Å². The van der Waals surface area contributed by atoms with E-state index in [1.165, 1.54) is 7.05 Å². The van der Waals surface area contributed by atoms with Crippen molar-refractivity contribution >= 4 is 38.9 Å². The Morgan fingerprint density at radius 3 is 2.44 bits per heavy atom. The third-order valence-corrected chi connectivity index (χ3v) is 8.68. The maximum atomic E-state index is 14.5. The molecule has 2 aromatic carbocycles. The molecule has 2 heterocycles. The van der Waals surface area contributed by atoms with Crippen LogP contribution >= 0.6 is 22.9 Å². The lowest BCUT2D eigenvalue weighted by molar-refractivity contribution is 0.0618. The second-order valence-electron chi connectivity index (χ2n) is 9.42. The Balaban J connectivity index is 0.00000172. The number of rotatable bonds is 6. The predicted octanol–water partition coefficient (Wildman–Crippen LogP) is 7.76. The van der Waals surface area contributed by atoms with Crippen molar-refractivity contribution in [2.75, 3.05) is 14.2 Å². The minimum atomic E-state index is -0.636. The molecule has 5 rings (SSSR count). The van der Waals surface area contributed by atoms with E-state index in [4.69, 9.17) is 16.3 Å². The number of pyridine rings is 1. The fraction of sp³-hybridized carbons (Fsp3) is 0.333. The molecule has 0 saturated heterocycles. The van der Waals surface area contributed by atoms with Crippen molar-refractivity contribution in [3.8, 4) is 16.9 Å². The number of carbonyl (C=O) groups is 1. The standard InChI is InChI=1S/C29H27ClF2N2O2S.CH5N/c1-17-14-19(12-13-33-17)18-8-11-24(36-2)20(15-18)16-34(21-6-4-3-5-7-21)29(35)28-26(30)25-22(31)9-10-23(32)27(25)37-28;1-2/h8-15,21H,3-7,16H2,1-2H3;2H2,1H3. The van der Waals surface area contributed by atoms with E-state index in [1.807, 2.05) is 42.2 Å². The first kappa shape index (κ1) is 28.9. The van der Waals surface area contributed by atoms with Crippen molar-refractivity contribution in [1.29, 1.82) is 0 Å². The normalized spacial score (nSPS) is 13.6. The van der Waals surface area contributed by atoms with Crippen molar-refractivity contribution in [2.45, 2.75) is 51.6 Å². The zero-order valence-corrected chi connectivity index (χ0v) is 23.8. The largest absolute Gasteiger partial charge is 0.496 e. The summed E-state index contributed by atoms with van der Waals surface area (Å²) in [6.07, 6.45) is 6.66. The van der Waals surface area contributed by atoms with E-state index in [0.29, 0.717) is 12.3 Å². The first-order valence-corrected chi connectivity index (χ1v) is 14.1. The van der Waals surface area contributed by atoms with Crippen LogP contribution in [0.5, 0.6) is 5.75 Å². The van der Waals surface area contributed by atoms with Gasteiger partial charge in [-0.25, -0.2) is 8.78 Å². The number of fused-ring (bicyclic) bond motifs is 1. The number of thiophene rings is 1. The predicted molar refractivity (Wildman–Crippen MR) is 155 cm³/mol. The van der Waals surface area contributed by atoms with Crippen molar-refractivity contribution in [2.24, 2.45) is 5.73 Å². The highest BCUT2D eigenvalue weighted by Crippen LogP contribution is 2.40. The molecule has 2 aromatic heterocycles. The molecule has 0 bridgehead atoms. The molecule has 2 N–H and O–H groups in total. The number of amides is 1. The lowest BCUT2D eigenvalue weighted by Crippen LogP contribution is -2.40. The van der Waals surface area contributed by atoms with E-state index < -0.39 is 11.6 Å². The molecule has 39 heavy (non-hydrogen) atoms. The van der Waals surface area contributed by atoms with Gasteiger partial charge in [0, 0.05) is 30.0 Å². The number of nitrogens with two attached hydrogens (primary N) is 1. The number of nitrogens with zero attached hydrogens (tertiary/aromatic N) is 2. The van der Waals surface area contributed by atoms with E-state index in [-0.39, 0.29) is 31.9 Å². The molecule has 5 nitrogen and oxygen atoms in total. The fourth-order valence-electron chi connectivity index (χ4n) is 5.12. The Morgan fingerprint density at radius 1 is 1.08 bits per heavy atom. The molecule has 1 saturated carbocycles. The fourth-order valence-corrected chi connectivity index (χ4v) is 6.62. The van der Waals surface area contributed by atoms with Gasteiger partial charge in [-0.15, -0.1) is 11.3 Å². The quantitative estimate of drug-likeness (QED) is 0.257. The van der Waals surface area contributed by atoms with Gasteiger partial charge in [0.2, 0.25) is 0 Å². The Morgan fingerprint density at radius 2 is 1.77 bits per heavy atom. The van der Waals surface area contributed by atoms with Crippen LogP contribution in [-0.4, -0.2) is 36.0 Å². The Hall–Kier alpha value is -3.07. The molecular formula is C30H32ClF2N3O2S. The Labute approximate surface area is 236 Å². The Bertz CT molecular complexity index is 1470. The first-order valence-electron chi connectivity index (χ1n) is 12.9. The molecule has 0 spiro atoms. The smallest absolute Gasteiger partial charge is 0.266 e. The third kappa shape index (κ3) is 6.08. The average Bonchev–Trinajstić information content (AvgIpc) is 3.33. The highest BCUT2D eigenvalue weighted by atomic mass is 35.5. The van der Waals surface area contributed by atoms with E-state index in [1.54, 1.807) is 13.3 Å². The highest BCUT2D eigenvalue weighted by Gasteiger charge is 2.31. The zero-order valence-electron chi connectivity index (χ0n) is 22.3. The second-order valence-corrected chi connectivity index (χ2v) is 10.8. The number of ether oxygens (including phenoxy) is 1. The van der Waals surface area contributed by atoms with Gasteiger partial charge in [0.25, 0.3) is 5.91 Å². The van der Waals surface area contributed by atoms with E-state index in [9.17, 15) is 13.6 Å². The van der Waals surface area contributed by atoms with Crippen LogP contribution in [0.1, 0.15) is 53.0 Å². The number of halogens is 3. The number of aryl methyl sites for hydroxylation is 1. The molecule has 0 atom stereocenters. The monoisotopic (exact) mass is 571 g/mol. The first-order chi connectivity index (χ1) is 18.9. The molecule has 1 aliphatic rings. The van der Waals surface area contributed by atoms with Gasteiger partial charge < -0.3 is 15.4 Å². The van der Waals surface area contributed by atoms with Gasteiger partial charge in [-0.05, 0) is 74.3 Å². The van der Waals surface area contributed by atoms with Crippen LogP contribution in [0.15, 0.2) is 48.7 Å². The summed E-state index contributed by atoms with van der Waals surface area (Å²) < 4.78 is 34.8. The summed E-state index contributed by atoms with van der Waals surface area (Å²) in [4.78, 5) is 20.3. The number of hydrogen-bond acceptors (Lipinski definition) is 5. The van der Waals surface area contributed by atoms with Crippen molar-refractivity contribution in [3.05, 3.63) is 81.5 Å². The molecule has 1 fully saturated rings.